The number of aryl methyl sites for hydroxylation is 1. The van der Waals surface area contributed by atoms with Crippen molar-refractivity contribution in [3.8, 4) is 40.5 Å². The van der Waals surface area contributed by atoms with E-state index in [0.29, 0.717) is 45.2 Å². The first kappa shape index (κ1) is 22.0. The lowest BCUT2D eigenvalue weighted by molar-refractivity contribution is 0.0218. The molecule has 0 radical (unpaired) electrons. The second-order valence-electron chi connectivity index (χ2n) is 8.12. The highest BCUT2D eigenvalue weighted by atomic mass is 16.7. The van der Waals surface area contributed by atoms with Crippen LogP contribution in [0.5, 0.6) is 17.2 Å². The molecule has 1 aliphatic heterocycles. The molecule has 8 nitrogen and oxygen atoms in total. The van der Waals surface area contributed by atoms with E-state index < -0.39 is 5.60 Å². The highest BCUT2D eigenvalue weighted by Crippen LogP contribution is 2.40. The summed E-state index contributed by atoms with van der Waals surface area (Å²) >= 11 is 0. The van der Waals surface area contributed by atoms with E-state index in [1.165, 1.54) is 0 Å². The number of nitriles is 2. The van der Waals surface area contributed by atoms with Crippen molar-refractivity contribution < 1.29 is 19.3 Å². The fourth-order valence-corrected chi connectivity index (χ4v) is 4.08. The molecule has 35 heavy (non-hydrogen) atoms. The van der Waals surface area contributed by atoms with Gasteiger partial charge in [-0.1, -0.05) is 18.2 Å². The number of ether oxygens (including phenoxy) is 3. The number of nitrogens with zero attached hydrogens (tertiary/aromatic N) is 4. The van der Waals surface area contributed by atoms with Gasteiger partial charge >= 0.3 is 0 Å². The zero-order chi connectivity index (χ0) is 24.4. The molecule has 0 fully saturated rings. The van der Waals surface area contributed by atoms with Gasteiger partial charge in [-0.2, -0.15) is 10.5 Å². The molecule has 1 N–H and O–H groups in total. The monoisotopic (exact) mass is 464 g/mol. The summed E-state index contributed by atoms with van der Waals surface area (Å²) in [5.74, 6) is 1.75. The van der Waals surface area contributed by atoms with Crippen molar-refractivity contribution in [2.75, 3.05) is 13.4 Å². The predicted molar refractivity (Wildman–Crippen MR) is 126 cm³/mol. The van der Waals surface area contributed by atoms with Crippen molar-refractivity contribution in [3.63, 3.8) is 0 Å². The third-order valence-corrected chi connectivity index (χ3v) is 5.96. The number of fused-ring (bicyclic) bond motifs is 1. The molecule has 172 valence electrons. The number of aromatic nitrogens is 2. The van der Waals surface area contributed by atoms with Gasteiger partial charge in [0.05, 0.1) is 41.5 Å². The molecule has 5 rings (SSSR count). The van der Waals surface area contributed by atoms with Crippen LogP contribution in [0.15, 0.2) is 73.2 Å². The number of imidazole rings is 1. The van der Waals surface area contributed by atoms with E-state index in [9.17, 15) is 10.4 Å². The molecule has 1 aromatic heterocycles. The lowest BCUT2D eigenvalue weighted by atomic mass is 9.90. The molecule has 0 saturated heterocycles. The van der Waals surface area contributed by atoms with Crippen LogP contribution in [-0.4, -0.2) is 28.1 Å². The fraction of sp³-hybridized carbons (Fsp3) is 0.148. The van der Waals surface area contributed by atoms with Crippen LogP contribution in [-0.2, 0) is 12.6 Å². The summed E-state index contributed by atoms with van der Waals surface area (Å²) in [6, 6.07) is 21.6. The summed E-state index contributed by atoms with van der Waals surface area (Å²) in [6.45, 7) is 0.0184. The number of benzene rings is 3. The molecule has 8 heteroatoms. The van der Waals surface area contributed by atoms with Gasteiger partial charge < -0.3 is 23.9 Å². The molecular weight excluding hydrogens is 444 g/mol. The summed E-state index contributed by atoms with van der Waals surface area (Å²) in [6.07, 6.45) is 3.18. The minimum atomic E-state index is -1.56. The number of aliphatic hydroxyl groups is 1. The van der Waals surface area contributed by atoms with E-state index in [2.05, 4.69) is 17.1 Å². The SMILES string of the molecule is Cn1cncc1C(O)(COc1ccc(C#N)cc1-c1ccc2c(c1)OCO2)c1ccc(C#N)cc1. The average Bonchev–Trinajstić information content (AvgIpc) is 3.55. The summed E-state index contributed by atoms with van der Waals surface area (Å²) in [5.41, 5.74) is 1.94. The van der Waals surface area contributed by atoms with Crippen molar-refractivity contribution in [1.82, 2.24) is 9.55 Å². The quantitative estimate of drug-likeness (QED) is 0.461. The first-order valence-corrected chi connectivity index (χ1v) is 10.8. The summed E-state index contributed by atoms with van der Waals surface area (Å²) < 4.78 is 18.9. The third-order valence-electron chi connectivity index (χ3n) is 5.96. The van der Waals surface area contributed by atoms with Crippen LogP contribution >= 0.6 is 0 Å². The molecule has 3 aromatic carbocycles. The van der Waals surface area contributed by atoms with Crippen LogP contribution < -0.4 is 14.2 Å². The Morgan fingerprint density at radius 1 is 1.00 bits per heavy atom. The van der Waals surface area contributed by atoms with E-state index in [0.717, 1.165) is 5.56 Å². The van der Waals surface area contributed by atoms with Gasteiger partial charge in [0.1, 0.15) is 12.4 Å². The molecular formula is C27H20N4O4. The molecule has 4 aromatic rings. The molecule has 1 atom stereocenters. The Kier molecular flexibility index (Phi) is 5.58. The van der Waals surface area contributed by atoms with Crippen LogP contribution in [0, 0.1) is 22.7 Å². The topological polar surface area (TPSA) is 113 Å². The molecule has 1 aliphatic rings. The average molecular weight is 464 g/mol. The second-order valence-corrected chi connectivity index (χ2v) is 8.12. The largest absolute Gasteiger partial charge is 0.489 e. The van der Waals surface area contributed by atoms with E-state index in [4.69, 9.17) is 19.5 Å². The van der Waals surface area contributed by atoms with Gasteiger partial charge in [-0.05, 0) is 53.6 Å². The van der Waals surface area contributed by atoms with Crippen LogP contribution in [0.4, 0.5) is 0 Å². The Labute approximate surface area is 201 Å². The maximum Gasteiger partial charge on any atom is 0.231 e. The van der Waals surface area contributed by atoms with Gasteiger partial charge in [0.2, 0.25) is 6.79 Å². The lowest BCUT2D eigenvalue weighted by Gasteiger charge is -2.29. The maximum absolute atomic E-state index is 11.9. The first-order chi connectivity index (χ1) is 17.0. The molecule has 2 heterocycles. The number of hydrogen-bond donors (Lipinski definition) is 1. The fourth-order valence-electron chi connectivity index (χ4n) is 4.08. The van der Waals surface area contributed by atoms with Gasteiger partial charge in [-0.25, -0.2) is 4.98 Å². The lowest BCUT2D eigenvalue weighted by Crippen LogP contribution is -2.36. The zero-order valence-electron chi connectivity index (χ0n) is 18.8. The van der Waals surface area contributed by atoms with E-state index in [1.807, 2.05) is 18.2 Å². The zero-order valence-corrected chi connectivity index (χ0v) is 18.8. The van der Waals surface area contributed by atoms with Crippen LogP contribution in [0.1, 0.15) is 22.4 Å². The number of hydrogen-bond acceptors (Lipinski definition) is 7. The Morgan fingerprint density at radius 3 is 2.46 bits per heavy atom. The van der Waals surface area contributed by atoms with Crippen molar-refractivity contribution in [3.05, 3.63) is 95.6 Å². The van der Waals surface area contributed by atoms with Crippen LogP contribution in [0.3, 0.4) is 0 Å². The van der Waals surface area contributed by atoms with Gasteiger partial charge in [-0.15, -0.1) is 0 Å². The highest BCUT2D eigenvalue weighted by Gasteiger charge is 2.36. The Morgan fingerprint density at radius 2 is 1.74 bits per heavy atom. The minimum absolute atomic E-state index is 0.137. The van der Waals surface area contributed by atoms with E-state index in [-0.39, 0.29) is 13.4 Å². The summed E-state index contributed by atoms with van der Waals surface area (Å²) in [5, 5.41) is 30.5. The summed E-state index contributed by atoms with van der Waals surface area (Å²) in [4.78, 5) is 4.16. The number of rotatable bonds is 6. The molecule has 0 aliphatic carbocycles. The van der Waals surface area contributed by atoms with Gasteiger partial charge in [0.25, 0.3) is 0 Å². The van der Waals surface area contributed by atoms with Crippen LogP contribution in [0.25, 0.3) is 11.1 Å². The first-order valence-electron chi connectivity index (χ1n) is 10.8. The van der Waals surface area contributed by atoms with Gasteiger partial charge in [0, 0.05) is 12.6 Å². The van der Waals surface area contributed by atoms with Crippen molar-refractivity contribution >= 4 is 0 Å². The second kappa shape index (κ2) is 8.86. The minimum Gasteiger partial charge on any atom is -0.489 e. The molecule has 1 unspecified atom stereocenters. The van der Waals surface area contributed by atoms with Crippen molar-refractivity contribution in [1.29, 1.82) is 10.5 Å². The molecule has 0 spiro atoms. The predicted octanol–water partition coefficient (Wildman–Crippen LogP) is 3.87. The smallest absolute Gasteiger partial charge is 0.231 e. The molecule has 0 saturated carbocycles. The van der Waals surface area contributed by atoms with Crippen molar-refractivity contribution in [2.45, 2.75) is 5.60 Å². The molecule has 0 amide bonds. The molecule has 0 bridgehead atoms. The van der Waals surface area contributed by atoms with Crippen molar-refractivity contribution in [2.24, 2.45) is 7.05 Å². The van der Waals surface area contributed by atoms with Gasteiger partial charge in [-0.3, -0.25) is 0 Å². The Bertz CT molecular complexity index is 1480. The Balaban J connectivity index is 1.54. The standard InChI is InChI=1S/C27H20N4O4/c1-31-16-30-14-26(31)27(32,21-6-2-18(12-28)3-7-21)15-33-23-8-4-19(13-29)10-22(23)20-5-9-24-25(11-20)35-17-34-24/h2-11,14,16,32H,15,17H2,1H3. The third kappa shape index (κ3) is 4.04. The maximum atomic E-state index is 11.9. The normalized spacial score (nSPS) is 13.5. The van der Waals surface area contributed by atoms with Crippen LogP contribution in [0.2, 0.25) is 0 Å². The highest BCUT2D eigenvalue weighted by molar-refractivity contribution is 5.74. The van der Waals surface area contributed by atoms with Gasteiger partial charge in [0.15, 0.2) is 17.1 Å². The van der Waals surface area contributed by atoms with E-state index in [1.54, 1.807) is 66.6 Å². The summed E-state index contributed by atoms with van der Waals surface area (Å²) in [7, 11) is 1.79. The van der Waals surface area contributed by atoms with E-state index >= 15 is 0 Å². The Hall–Kier alpha value is -4.79.